The Hall–Kier alpha value is -1.73. The first-order valence-corrected chi connectivity index (χ1v) is 8.97. The van der Waals surface area contributed by atoms with Crippen molar-refractivity contribution in [1.82, 2.24) is 19.2 Å². The van der Waals surface area contributed by atoms with Crippen molar-refractivity contribution < 1.29 is 4.79 Å². The van der Waals surface area contributed by atoms with Crippen molar-refractivity contribution in [3.8, 4) is 0 Å². The molecule has 0 spiro atoms. The van der Waals surface area contributed by atoms with Gasteiger partial charge in [-0.3, -0.25) is 18.9 Å². The topological polar surface area (TPSA) is 57.9 Å². The van der Waals surface area contributed by atoms with Gasteiger partial charge in [0.15, 0.2) is 4.96 Å². The molecule has 0 aromatic carbocycles. The Bertz CT molecular complexity index is 791. The summed E-state index contributed by atoms with van der Waals surface area (Å²) in [4.78, 5) is 33.8. The second-order valence-electron chi connectivity index (χ2n) is 6.56. The van der Waals surface area contributed by atoms with Crippen LogP contribution in [0.15, 0.2) is 22.4 Å². The van der Waals surface area contributed by atoms with E-state index in [0.29, 0.717) is 18.4 Å². The highest BCUT2D eigenvalue weighted by molar-refractivity contribution is 7.15. The molecule has 3 heterocycles. The van der Waals surface area contributed by atoms with E-state index in [1.165, 1.54) is 11.3 Å². The lowest BCUT2D eigenvalue weighted by Gasteiger charge is -2.34. The quantitative estimate of drug-likeness (QED) is 0.843. The first-order chi connectivity index (χ1) is 11.1. The molecular weight excluding hydrogens is 312 g/mol. The maximum absolute atomic E-state index is 12.2. The molecule has 122 valence electrons. The van der Waals surface area contributed by atoms with Crippen molar-refractivity contribution in [2.75, 3.05) is 26.2 Å². The Morgan fingerprint density at radius 1 is 1.35 bits per heavy atom. The SMILES string of the molecule is CC1CC1C(=O)N1CCN(Cc2cc(=O)n3ccsc3n2)CC1. The summed E-state index contributed by atoms with van der Waals surface area (Å²) in [5.41, 5.74) is 0.788. The van der Waals surface area contributed by atoms with Crippen LogP contribution in [0.3, 0.4) is 0 Å². The van der Waals surface area contributed by atoms with Crippen LogP contribution in [0.25, 0.3) is 4.96 Å². The highest BCUT2D eigenvalue weighted by Gasteiger charge is 2.41. The molecule has 7 heteroatoms. The fourth-order valence-electron chi connectivity index (χ4n) is 3.22. The van der Waals surface area contributed by atoms with Gasteiger partial charge in [0, 0.05) is 56.3 Å². The van der Waals surface area contributed by atoms with Gasteiger partial charge in [0.25, 0.3) is 5.56 Å². The molecule has 2 aromatic rings. The Morgan fingerprint density at radius 2 is 2.09 bits per heavy atom. The number of amides is 1. The molecule has 0 radical (unpaired) electrons. The van der Waals surface area contributed by atoms with Crippen LogP contribution in [0.1, 0.15) is 19.0 Å². The summed E-state index contributed by atoms with van der Waals surface area (Å²) in [5, 5.41) is 1.87. The second-order valence-corrected chi connectivity index (χ2v) is 7.44. The summed E-state index contributed by atoms with van der Waals surface area (Å²) in [6.45, 7) is 6.07. The van der Waals surface area contributed by atoms with E-state index < -0.39 is 0 Å². The Balaban J connectivity index is 1.38. The molecule has 1 aliphatic carbocycles. The molecule has 1 saturated heterocycles. The Morgan fingerprint density at radius 3 is 2.78 bits per heavy atom. The Labute approximate surface area is 138 Å². The van der Waals surface area contributed by atoms with E-state index >= 15 is 0 Å². The molecule has 2 atom stereocenters. The molecule has 0 N–H and O–H groups in total. The summed E-state index contributed by atoms with van der Waals surface area (Å²) in [6, 6.07) is 1.61. The van der Waals surface area contributed by atoms with Gasteiger partial charge in [0.1, 0.15) is 0 Å². The minimum Gasteiger partial charge on any atom is -0.340 e. The average molecular weight is 332 g/mol. The van der Waals surface area contributed by atoms with E-state index in [9.17, 15) is 9.59 Å². The minimum absolute atomic E-state index is 0.0252. The van der Waals surface area contributed by atoms with Gasteiger partial charge in [-0.15, -0.1) is 11.3 Å². The smallest absolute Gasteiger partial charge is 0.258 e. The third-order valence-electron chi connectivity index (χ3n) is 4.85. The van der Waals surface area contributed by atoms with Crippen LogP contribution in [-0.2, 0) is 11.3 Å². The largest absolute Gasteiger partial charge is 0.340 e. The number of nitrogens with zero attached hydrogens (tertiary/aromatic N) is 4. The van der Waals surface area contributed by atoms with Crippen LogP contribution in [-0.4, -0.2) is 51.3 Å². The van der Waals surface area contributed by atoms with E-state index in [4.69, 9.17) is 0 Å². The van der Waals surface area contributed by atoms with Crippen molar-refractivity contribution in [3.05, 3.63) is 33.7 Å². The lowest BCUT2D eigenvalue weighted by atomic mass is 10.2. The summed E-state index contributed by atoms with van der Waals surface area (Å²) < 4.78 is 1.57. The number of carbonyl (C=O) groups is 1. The van der Waals surface area contributed by atoms with E-state index in [2.05, 4.69) is 16.8 Å². The first-order valence-electron chi connectivity index (χ1n) is 8.09. The summed E-state index contributed by atoms with van der Waals surface area (Å²) in [7, 11) is 0. The molecular formula is C16H20N4O2S. The molecule has 1 amide bonds. The molecule has 4 rings (SSSR count). The first kappa shape index (κ1) is 14.8. The number of aromatic nitrogens is 2. The van der Waals surface area contributed by atoms with Gasteiger partial charge >= 0.3 is 0 Å². The van der Waals surface area contributed by atoms with Gasteiger partial charge in [-0.25, -0.2) is 4.98 Å². The third-order valence-corrected chi connectivity index (χ3v) is 5.61. The lowest BCUT2D eigenvalue weighted by molar-refractivity contribution is -0.134. The van der Waals surface area contributed by atoms with Crippen molar-refractivity contribution >= 4 is 22.2 Å². The molecule has 2 unspecified atom stereocenters. The van der Waals surface area contributed by atoms with Crippen LogP contribution in [0, 0.1) is 11.8 Å². The average Bonchev–Trinajstić information content (AvgIpc) is 3.07. The fourth-order valence-corrected chi connectivity index (χ4v) is 3.96. The monoisotopic (exact) mass is 332 g/mol. The van der Waals surface area contributed by atoms with Gasteiger partial charge in [-0.05, 0) is 12.3 Å². The van der Waals surface area contributed by atoms with Crippen molar-refractivity contribution in [1.29, 1.82) is 0 Å². The predicted octanol–water partition coefficient (Wildman–Crippen LogP) is 1.06. The van der Waals surface area contributed by atoms with E-state index in [-0.39, 0.29) is 11.5 Å². The third kappa shape index (κ3) is 2.90. The van der Waals surface area contributed by atoms with Crippen molar-refractivity contribution in [3.63, 3.8) is 0 Å². The number of fused-ring (bicyclic) bond motifs is 1. The number of hydrogen-bond acceptors (Lipinski definition) is 5. The highest BCUT2D eigenvalue weighted by Crippen LogP contribution is 2.39. The number of thiazole rings is 1. The van der Waals surface area contributed by atoms with Crippen LogP contribution >= 0.6 is 11.3 Å². The minimum atomic E-state index is -0.0252. The van der Waals surface area contributed by atoms with Gasteiger partial charge in [0.05, 0.1) is 5.69 Å². The number of rotatable bonds is 3. The van der Waals surface area contributed by atoms with Gasteiger partial charge in [0.2, 0.25) is 5.91 Å². The number of piperazine rings is 1. The van der Waals surface area contributed by atoms with Crippen LogP contribution in [0.5, 0.6) is 0 Å². The Kier molecular flexibility index (Phi) is 3.69. The van der Waals surface area contributed by atoms with Crippen LogP contribution < -0.4 is 5.56 Å². The number of hydrogen-bond donors (Lipinski definition) is 0. The molecule has 23 heavy (non-hydrogen) atoms. The van der Waals surface area contributed by atoms with E-state index in [1.807, 2.05) is 10.3 Å². The highest BCUT2D eigenvalue weighted by atomic mass is 32.1. The summed E-state index contributed by atoms with van der Waals surface area (Å²) in [6.07, 6.45) is 2.80. The molecule has 1 aliphatic heterocycles. The normalized spacial score (nSPS) is 25.0. The zero-order chi connectivity index (χ0) is 16.0. The molecule has 2 aromatic heterocycles. The zero-order valence-corrected chi connectivity index (χ0v) is 14.0. The zero-order valence-electron chi connectivity index (χ0n) is 13.1. The lowest BCUT2D eigenvalue weighted by Crippen LogP contribution is -2.49. The maximum atomic E-state index is 12.2. The molecule has 0 bridgehead atoms. The fraction of sp³-hybridized carbons (Fsp3) is 0.562. The van der Waals surface area contributed by atoms with Crippen LogP contribution in [0.2, 0.25) is 0 Å². The summed E-state index contributed by atoms with van der Waals surface area (Å²) in [5.74, 6) is 1.16. The van der Waals surface area contributed by atoms with Crippen LogP contribution in [0.4, 0.5) is 0 Å². The van der Waals surface area contributed by atoms with Gasteiger partial charge < -0.3 is 4.90 Å². The number of carbonyl (C=O) groups excluding carboxylic acids is 1. The van der Waals surface area contributed by atoms with Crippen molar-refractivity contribution in [2.24, 2.45) is 11.8 Å². The molecule has 2 fully saturated rings. The van der Waals surface area contributed by atoms with E-state index in [0.717, 1.165) is 43.3 Å². The van der Waals surface area contributed by atoms with E-state index in [1.54, 1.807) is 16.7 Å². The second kappa shape index (κ2) is 5.72. The molecule has 1 saturated carbocycles. The standard InChI is InChI=1S/C16H20N4O2S/c1-11-8-13(11)15(22)19-4-2-18(3-5-19)10-12-9-14(21)20-6-7-23-16(20)17-12/h6-7,9,11,13H,2-5,8,10H2,1H3. The predicted molar refractivity (Wildman–Crippen MR) is 88.5 cm³/mol. The van der Waals surface area contributed by atoms with Gasteiger partial charge in [-0.2, -0.15) is 0 Å². The van der Waals surface area contributed by atoms with Gasteiger partial charge in [-0.1, -0.05) is 6.92 Å². The molecule has 2 aliphatic rings. The van der Waals surface area contributed by atoms with Crippen molar-refractivity contribution in [2.45, 2.75) is 19.9 Å². The summed E-state index contributed by atoms with van der Waals surface area (Å²) >= 11 is 1.47. The maximum Gasteiger partial charge on any atom is 0.258 e. The molecule has 6 nitrogen and oxygen atoms in total.